The van der Waals surface area contributed by atoms with Crippen LogP contribution < -0.4 is 16.4 Å². The zero-order valence-corrected chi connectivity index (χ0v) is 11.0. The first kappa shape index (κ1) is 13.4. The summed E-state index contributed by atoms with van der Waals surface area (Å²) in [6.45, 7) is 2.78. The molecule has 19 heavy (non-hydrogen) atoms. The average molecular weight is 261 g/mol. The van der Waals surface area contributed by atoms with Gasteiger partial charge in [-0.25, -0.2) is 0 Å². The third kappa shape index (κ3) is 3.71. The van der Waals surface area contributed by atoms with Crippen LogP contribution in [0, 0.1) is 12.8 Å². The Labute approximate surface area is 112 Å². The van der Waals surface area contributed by atoms with Gasteiger partial charge in [0.25, 0.3) is 5.91 Å². The third-order valence-corrected chi connectivity index (χ3v) is 3.20. The van der Waals surface area contributed by atoms with Gasteiger partial charge < -0.3 is 16.4 Å². The minimum Gasteiger partial charge on any atom is -0.398 e. The number of rotatable bonds is 5. The van der Waals surface area contributed by atoms with Crippen LogP contribution in [0.15, 0.2) is 18.2 Å². The van der Waals surface area contributed by atoms with E-state index < -0.39 is 0 Å². The number of hydrogen-bond acceptors (Lipinski definition) is 3. The molecule has 1 aromatic carbocycles. The third-order valence-electron chi connectivity index (χ3n) is 3.20. The number of nitrogen functional groups attached to an aromatic ring is 1. The molecule has 0 aliphatic heterocycles. The highest BCUT2D eigenvalue weighted by atomic mass is 16.2. The zero-order chi connectivity index (χ0) is 13.8. The highest BCUT2D eigenvalue weighted by Gasteiger charge is 2.28. The van der Waals surface area contributed by atoms with Crippen LogP contribution in [0.2, 0.25) is 0 Å². The maximum absolute atomic E-state index is 11.8. The Morgan fingerprint density at radius 3 is 2.58 bits per heavy atom. The lowest BCUT2D eigenvalue weighted by molar-refractivity contribution is -0.122. The average Bonchev–Trinajstić information content (AvgIpc) is 3.21. The van der Waals surface area contributed by atoms with Crippen molar-refractivity contribution in [3.8, 4) is 0 Å². The van der Waals surface area contributed by atoms with Crippen molar-refractivity contribution in [1.29, 1.82) is 0 Å². The molecule has 0 heterocycles. The molecule has 1 saturated carbocycles. The number of nitrogens with two attached hydrogens (primary N) is 1. The van der Waals surface area contributed by atoms with Crippen molar-refractivity contribution in [2.24, 2.45) is 5.92 Å². The standard InChI is InChI=1S/C14H19N3O2/c1-9-2-3-11(8-12(9)15)14(19)17-7-6-16-13(18)10-4-5-10/h2-3,8,10H,4-7,15H2,1H3,(H,16,18)(H,17,19). The maximum atomic E-state index is 11.8. The first-order chi connectivity index (χ1) is 9.08. The number of carbonyl (C=O) groups excluding carboxylic acids is 2. The fourth-order valence-corrected chi connectivity index (χ4v) is 1.74. The summed E-state index contributed by atoms with van der Waals surface area (Å²) in [5, 5.41) is 5.54. The Hall–Kier alpha value is -2.04. The molecular weight excluding hydrogens is 242 g/mol. The van der Waals surface area contributed by atoms with E-state index in [1.165, 1.54) is 0 Å². The second-order valence-corrected chi connectivity index (χ2v) is 4.89. The van der Waals surface area contributed by atoms with Crippen LogP contribution in [-0.2, 0) is 4.79 Å². The summed E-state index contributed by atoms with van der Waals surface area (Å²) >= 11 is 0. The van der Waals surface area contributed by atoms with Gasteiger partial charge in [0.2, 0.25) is 5.91 Å². The van der Waals surface area contributed by atoms with E-state index in [-0.39, 0.29) is 17.7 Å². The van der Waals surface area contributed by atoms with Crippen molar-refractivity contribution >= 4 is 17.5 Å². The van der Waals surface area contributed by atoms with Crippen LogP contribution in [0.25, 0.3) is 0 Å². The quantitative estimate of drug-likeness (QED) is 0.542. The van der Waals surface area contributed by atoms with Gasteiger partial charge in [-0.3, -0.25) is 9.59 Å². The van der Waals surface area contributed by atoms with Crippen molar-refractivity contribution in [3.63, 3.8) is 0 Å². The minimum absolute atomic E-state index is 0.0915. The van der Waals surface area contributed by atoms with Crippen LogP contribution in [0.5, 0.6) is 0 Å². The molecule has 1 aliphatic rings. The van der Waals surface area contributed by atoms with Crippen LogP contribution in [0.3, 0.4) is 0 Å². The van der Waals surface area contributed by atoms with E-state index >= 15 is 0 Å². The van der Waals surface area contributed by atoms with Crippen molar-refractivity contribution in [2.75, 3.05) is 18.8 Å². The molecule has 0 spiro atoms. The maximum Gasteiger partial charge on any atom is 0.251 e. The molecule has 0 atom stereocenters. The van der Waals surface area contributed by atoms with E-state index in [4.69, 9.17) is 5.73 Å². The molecule has 102 valence electrons. The lowest BCUT2D eigenvalue weighted by Crippen LogP contribution is -2.35. The molecular formula is C14H19N3O2. The summed E-state index contributed by atoms with van der Waals surface area (Å²) in [6.07, 6.45) is 1.97. The van der Waals surface area contributed by atoms with Crippen LogP contribution in [0.4, 0.5) is 5.69 Å². The largest absolute Gasteiger partial charge is 0.398 e. The minimum atomic E-state index is -0.174. The first-order valence-electron chi connectivity index (χ1n) is 6.50. The van der Waals surface area contributed by atoms with E-state index in [1.807, 2.05) is 13.0 Å². The molecule has 0 saturated heterocycles. The topological polar surface area (TPSA) is 84.2 Å². The Bertz CT molecular complexity index is 495. The Balaban J connectivity index is 1.74. The fraction of sp³-hybridized carbons (Fsp3) is 0.429. The summed E-state index contributed by atoms with van der Waals surface area (Å²) in [5.74, 6) is 0.119. The number of hydrogen-bond donors (Lipinski definition) is 3. The highest BCUT2D eigenvalue weighted by molar-refractivity contribution is 5.95. The summed E-state index contributed by atoms with van der Waals surface area (Å²) in [6, 6.07) is 5.22. The van der Waals surface area contributed by atoms with Gasteiger partial charge in [-0.2, -0.15) is 0 Å². The van der Waals surface area contributed by atoms with Gasteiger partial charge in [0.15, 0.2) is 0 Å². The van der Waals surface area contributed by atoms with Gasteiger partial charge in [-0.1, -0.05) is 6.07 Å². The predicted octanol–water partition coefficient (Wildman–Crippen LogP) is 0.833. The second-order valence-electron chi connectivity index (χ2n) is 4.89. The lowest BCUT2D eigenvalue weighted by atomic mass is 10.1. The SMILES string of the molecule is Cc1ccc(C(=O)NCCNC(=O)C2CC2)cc1N. The predicted molar refractivity (Wildman–Crippen MR) is 73.7 cm³/mol. The Morgan fingerprint density at radius 2 is 1.95 bits per heavy atom. The summed E-state index contributed by atoms with van der Waals surface area (Å²) in [5.41, 5.74) is 7.85. The van der Waals surface area contributed by atoms with Crippen molar-refractivity contribution in [3.05, 3.63) is 29.3 Å². The Morgan fingerprint density at radius 1 is 1.26 bits per heavy atom. The summed E-state index contributed by atoms with van der Waals surface area (Å²) < 4.78 is 0. The molecule has 0 unspecified atom stereocenters. The monoisotopic (exact) mass is 261 g/mol. The van der Waals surface area contributed by atoms with Gasteiger partial charge in [0.05, 0.1) is 0 Å². The van der Waals surface area contributed by atoms with Gasteiger partial charge in [0.1, 0.15) is 0 Å². The number of benzene rings is 1. The van der Waals surface area contributed by atoms with E-state index in [9.17, 15) is 9.59 Å². The first-order valence-corrected chi connectivity index (χ1v) is 6.50. The smallest absolute Gasteiger partial charge is 0.251 e. The number of anilines is 1. The molecule has 1 aliphatic carbocycles. The summed E-state index contributed by atoms with van der Waals surface area (Å²) in [7, 11) is 0. The van der Waals surface area contributed by atoms with Crippen LogP contribution in [0.1, 0.15) is 28.8 Å². The number of carbonyl (C=O) groups is 2. The van der Waals surface area contributed by atoms with Gasteiger partial charge in [-0.05, 0) is 37.5 Å². The number of amides is 2. The molecule has 0 radical (unpaired) electrons. The molecule has 5 nitrogen and oxygen atoms in total. The van der Waals surface area contributed by atoms with Gasteiger partial charge in [-0.15, -0.1) is 0 Å². The van der Waals surface area contributed by atoms with Gasteiger partial charge >= 0.3 is 0 Å². The van der Waals surface area contributed by atoms with Crippen molar-refractivity contribution in [1.82, 2.24) is 10.6 Å². The lowest BCUT2D eigenvalue weighted by Gasteiger charge is -2.08. The fourth-order valence-electron chi connectivity index (χ4n) is 1.74. The second kappa shape index (κ2) is 5.73. The zero-order valence-electron chi connectivity index (χ0n) is 11.0. The molecule has 1 fully saturated rings. The van der Waals surface area contributed by atoms with Crippen LogP contribution in [-0.4, -0.2) is 24.9 Å². The van der Waals surface area contributed by atoms with Crippen LogP contribution >= 0.6 is 0 Å². The summed E-state index contributed by atoms with van der Waals surface area (Å²) in [4.78, 5) is 23.2. The molecule has 2 rings (SSSR count). The number of aryl methyl sites for hydroxylation is 1. The van der Waals surface area contributed by atoms with E-state index in [0.29, 0.717) is 24.3 Å². The molecule has 5 heteroatoms. The van der Waals surface area contributed by atoms with E-state index in [2.05, 4.69) is 10.6 Å². The highest BCUT2D eigenvalue weighted by Crippen LogP contribution is 2.28. The normalized spacial score (nSPS) is 13.9. The van der Waals surface area contributed by atoms with Crippen molar-refractivity contribution in [2.45, 2.75) is 19.8 Å². The molecule has 0 aromatic heterocycles. The molecule has 4 N–H and O–H groups in total. The van der Waals surface area contributed by atoms with E-state index in [0.717, 1.165) is 18.4 Å². The number of nitrogens with one attached hydrogen (secondary N) is 2. The van der Waals surface area contributed by atoms with Gasteiger partial charge in [0, 0.05) is 30.3 Å². The Kier molecular flexibility index (Phi) is 4.04. The molecule has 0 bridgehead atoms. The van der Waals surface area contributed by atoms with E-state index in [1.54, 1.807) is 12.1 Å². The molecule has 1 aromatic rings. The van der Waals surface area contributed by atoms with Crippen molar-refractivity contribution < 1.29 is 9.59 Å². The molecule has 2 amide bonds.